The molecule has 1 aliphatic rings. The molecule has 2 aromatic rings. The Bertz CT molecular complexity index is 692. The lowest BCUT2D eigenvalue weighted by molar-refractivity contribution is -0.124. The zero-order chi connectivity index (χ0) is 16.3. The molecule has 0 fully saturated rings. The number of aliphatic hydroxyl groups is 1. The lowest BCUT2D eigenvalue weighted by Gasteiger charge is -2.22. The van der Waals surface area contributed by atoms with Crippen LogP contribution in [0.5, 0.6) is 5.75 Å². The first-order chi connectivity index (χ1) is 11.1. The van der Waals surface area contributed by atoms with Crippen LogP contribution in [0.4, 0.5) is 4.39 Å². The van der Waals surface area contributed by atoms with Crippen LogP contribution in [0.2, 0.25) is 0 Å². The minimum Gasteiger partial charge on any atom is -0.481 e. The summed E-state index contributed by atoms with van der Waals surface area (Å²) in [4.78, 5) is 11.8. The molecule has 0 spiro atoms. The minimum atomic E-state index is -0.975. The Morgan fingerprint density at radius 1 is 1.13 bits per heavy atom. The second-order valence-electron chi connectivity index (χ2n) is 5.84. The molecule has 5 heteroatoms. The summed E-state index contributed by atoms with van der Waals surface area (Å²) in [5, 5.41) is 13.2. The van der Waals surface area contributed by atoms with E-state index in [2.05, 4.69) is 5.32 Å². The zero-order valence-electron chi connectivity index (χ0n) is 12.6. The second-order valence-corrected chi connectivity index (χ2v) is 5.84. The lowest BCUT2D eigenvalue weighted by Crippen LogP contribution is -2.45. The third kappa shape index (κ3) is 3.68. The van der Waals surface area contributed by atoms with Crippen LogP contribution in [0.3, 0.4) is 0 Å². The molecule has 120 valence electrons. The Morgan fingerprint density at radius 2 is 1.74 bits per heavy atom. The normalized spacial score (nSPS) is 15.0. The monoisotopic (exact) mass is 315 g/mol. The number of hydrogen-bond acceptors (Lipinski definition) is 3. The maximum atomic E-state index is 13.4. The summed E-state index contributed by atoms with van der Waals surface area (Å²) in [6.07, 6.45) is 1.02. The number of amides is 1. The van der Waals surface area contributed by atoms with Gasteiger partial charge < -0.3 is 15.2 Å². The van der Waals surface area contributed by atoms with Gasteiger partial charge >= 0.3 is 0 Å². The molecule has 23 heavy (non-hydrogen) atoms. The van der Waals surface area contributed by atoms with Gasteiger partial charge in [0.25, 0.3) is 5.91 Å². The van der Waals surface area contributed by atoms with Crippen LogP contribution in [0.25, 0.3) is 0 Å². The molecule has 2 N–H and O–H groups in total. The Morgan fingerprint density at radius 3 is 2.39 bits per heavy atom. The van der Waals surface area contributed by atoms with Gasteiger partial charge in [-0.25, -0.2) is 4.39 Å². The smallest absolute Gasteiger partial charge is 0.258 e. The molecule has 0 radical (unpaired) electrons. The number of carbonyl (C=O) groups excluding carboxylic acids is 1. The van der Waals surface area contributed by atoms with Crippen molar-refractivity contribution in [3.8, 4) is 5.75 Å². The van der Waals surface area contributed by atoms with Crippen molar-refractivity contribution in [2.45, 2.75) is 18.4 Å². The van der Waals surface area contributed by atoms with Gasteiger partial charge in [0.15, 0.2) is 18.2 Å². The largest absolute Gasteiger partial charge is 0.481 e. The molecule has 3 rings (SSSR count). The van der Waals surface area contributed by atoms with Crippen LogP contribution in [0.1, 0.15) is 11.1 Å². The van der Waals surface area contributed by atoms with Crippen LogP contribution in [0.15, 0.2) is 48.5 Å². The van der Waals surface area contributed by atoms with Gasteiger partial charge in [0.05, 0.1) is 5.60 Å². The predicted molar refractivity (Wildman–Crippen MR) is 83.7 cm³/mol. The standard InChI is InChI=1S/C18H18FNO3/c19-15-7-3-4-8-16(15)23-11-17(21)20-12-18(22)9-13-5-1-2-6-14(13)10-18/h1-8,22H,9-12H2,(H,20,21). The average molecular weight is 315 g/mol. The van der Waals surface area contributed by atoms with Crippen molar-refractivity contribution in [1.82, 2.24) is 5.32 Å². The second kappa shape index (κ2) is 6.38. The molecule has 0 saturated heterocycles. The number of halogens is 1. The zero-order valence-corrected chi connectivity index (χ0v) is 12.6. The van der Waals surface area contributed by atoms with Gasteiger partial charge in [-0.05, 0) is 23.3 Å². The van der Waals surface area contributed by atoms with Crippen molar-refractivity contribution in [3.05, 3.63) is 65.5 Å². The highest BCUT2D eigenvalue weighted by Gasteiger charge is 2.35. The number of nitrogens with one attached hydrogen (secondary N) is 1. The Hall–Kier alpha value is -2.40. The van der Waals surface area contributed by atoms with Crippen molar-refractivity contribution >= 4 is 5.91 Å². The average Bonchev–Trinajstić information content (AvgIpc) is 2.89. The van der Waals surface area contributed by atoms with Gasteiger partial charge in [0.1, 0.15) is 0 Å². The Labute approximate surface area is 133 Å². The number of ether oxygens (including phenoxy) is 1. The maximum absolute atomic E-state index is 13.4. The van der Waals surface area contributed by atoms with Crippen molar-refractivity contribution in [2.24, 2.45) is 0 Å². The van der Waals surface area contributed by atoms with Gasteiger partial charge in [0.2, 0.25) is 0 Å². The van der Waals surface area contributed by atoms with E-state index in [0.29, 0.717) is 12.8 Å². The summed E-state index contributed by atoms with van der Waals surface area (Å²) >= 11 is 0. The third-order valence-corrected chi connectivity index (χ3v) is 3.97. The molecule has 1 aliphatic carbocycles. The highest BCUT2D eigenvalue weighted by Crippen LogP contribution is 2.29. The molecule has 0 aromatic heterocycles. The molecular weight excluding hydrogens is 297 g/mol. The number of fused-ring (bicyclic) bond motifs is 1. The summed E-state index contributed by atoms with van der Waals surface area (Å²) < 4.78 is 18.5. The predicted octanol–water partition coefficient (Wildman–Crippen LogP) is 1.85. The quantitative estimate of drug-likeness (QED) is 0.885. The highest BCUT2D eigenvalue weighted by molar-refractivity contribution is 5.77. The van der Waals surface area contributed by atoms with E-state index in [1.807, 2.05) is 24.3 Å². The summed E-state index contributed by atoms with van der Waals surface area (Å²) in [7, 11) is 0. The highest BCUT2D eigenvalue weighted by atomic mass is 19.1. The molecule has 0 unspecified atom stereocenters. The topological polar surface area (TPSA) is 58.6 Å². The summed E-state index contributed by atoms with van der Waals surface area (Å²) in [5.41, 5.74) is 1.23. The van der Waals surface area contributed by atoms with Gasteiger partial charge in [0, 0.05) is 19.4 Å². The van der Waals surface area contributed by atoms with Crippen molar-refractivity contribution in [1.29, 1.82) is 0 Å². The minimum absolute atomic E-state index is 0.0367. The van der Waals surface area contributed by atoms with Crippen molar-refractivity contribution in [3.63, 3.8) is 0 Å². The van der Waals surface area contributed by atoms with Crippen molar-refractivity contribution in [2.75, 3.05) is 13.2 Å². The Balaban J connectivity index is 1.49. The van der Waals surface area contributed by atoms with Gasteiger partial charge in [-0.3, -0.25) is 4.79 Å². The molecule has 0 atom stereocenters. The van der Waals surface area contributed by atoms with Gasteiger partial charge in [-0.2, -0.15) is 0 Å². The first-order valence-corrected chi connectivity index (χ1v) is 7.49. The van der Waals surface area contributed by atoms with Crippen LogP contribution in [0, 0.1) is 5.82 Å². The molecule has 0 heterocycles. The van der Waals surface area contributed by atoms with Crippen LogP contribution >= 0.6 is 0 Å². The molecule has 2 aromatic carbocycles. The van der Waals surface area contributed by atoms with E-state index >= 15 is 0 Å². The van der Waals surface area contributed by atoms with Crippen LogP contribution in [-0.4, -0.2) is 29.8 Å². The molecule has 0 bridgehead atoms. The SMILES string of the molecule is O=C(COc1ccccc1F)NCC1(O)Cc2ccccc2C1. The number of rotatable bonds is 5. The van der Waals surface area contributed by atoms with E-state index < -0.39 is 17.3 Å². The van der Waals surface area contributed by atoms with Crippen LogP contribution < -0.4 is 10.1 Å². The van der Waals surface area contributed by atoms with E-state index in [4.69, 9.17) is 4.74 Å². The fourth-order valence-corrected chi connectivity index (χ4v) is 2.82. The number of benzene rings is 2. The first-order valence-electron chi connectivity index (χ1n) is 7.49. The van der Waals surface area contributed by atoms with E-state index in [-0.39, 0.29) is 18.9 Å². The van der Waals surface area contributed by atoms with E-state index in [1.54, 1.807) is 12.1 Å². The number of para-hydroxylation sites is 1. The maximum Gasteiger partial charge on any atom is 0.258 e. The molecule has 0 aliphatic heterocycles. The summed E-state index contributed by atoms with van der Waals surface area (Å²) in [6.45, 7) is -0.148. The Kier molecular flexibility index (Phi) is 4.30. The molecule has 4 nitrogen and oxygen atoms in total. The van der Waals surface area contributed by atoms with Crippen molar-refractivity contribution < 1.29 is 19.0 Å². The third-order valence-electron chi connectivity index (χ3n) is 3.97. The molecule has 1 amide bonds. The number of carbonyl (C=O) groups is 1. The summed E-state index contributed by atoms with van der Waals surface area (Å²) in [6, 6.07) is 13.8. The summed E-state index contributed by atoms with van der Waals surface area (Å²) in [5.74, 6) is -0.863. The van der Waals surface area contributed by atoms with Crippen LogP contribution in [-0.2, 0) is 17.6 Å². The fourth-order valence-electron chi connectivity index (χ4n) is 2.82. The number of hydrogen-bond donors (Lipinski definition) is 2. The van der Waals surface area contributed by atoms with E-state index in [0.717, 1.165) is 11.1 Å². The molecular formula is C18H18FNO3. The first kappa shape index (κ1) is 15.5. The lowest BCUT2D eigenvalue weighted by atomic mass is 10.0. The fraction of sp³-hybridized carbons (Fsp3) is 0.278. The van der Waals surface area contributed by atoms with Gasteiger partial charge in [-0.1, -0.05) is 36.4 Å². The van der Waals surface area contributed by atoms with Gasteiger partial charge in [-0.15, -0.1) is 0 Å². The van der Waals surface area contributed by atoms with E-state index in [9.17, 15) is 14.3 Å². The van der Waals surface area contributed by atoms with E-state index in [1.165, 1.54) is 12.1 Å². The molecule has 0 saturated carbocycles.